The molecule has 0 radical (unpaired) electrons. The maximum Gasteiger partial charge on any atom is 0.226 e. The molecule has 4 fully saturated rings. The van der Waals surface area contributed by atoms with Crippen LogP contribution in [0, 0.1) is 17.8 Å². The summed E-state index contributed by atoms with van der Waals surface area (Å²) in [4.78, 5) is 29.9. The number of hydrogen-bond donors (Lipinski definition) is 2. The Hall–Kier alpha value is -1.19. The average molecular weight is 484 g/mol. The summed E-state index contributed by atoms with van der Waals surface area (Å²) in [6, 6.07) is 0.147. The van der Waals surface area contributed by atoms with Crippen LogP contribution in [-0.4, -0.2) is 78.2 Å². The van der Waals surface area contributed by atoms with E-state index in [4.69, 9.17) is 5.11 Å². The van der Waals surface area contributed by atoms with Crippen LogP contribution in [0.3, 0.4) is 0 Å². The van der Waals surface area contributed by atoms with E-state index >= 15 is 0 Å². The zero-order chi connectivity index (χ0) is 23.8. The van der Waals surface area contributed by atoms with Gasteiger partial charge in [-0.2, -0.15) is 0 Å². The number of amides is 2. The van der Waals surface area contributed by atoms with E-state index in [0.717, 1.165) is 51.4 Å². The van der Waals surface area contributed by atoms with E-state index in [0.29, 0.717) is 31.2 Å². The van der Waals surface area contributed by atoms with Crippen LogP contribution in [0.25, 0.3) is 0 Å². The lowest BCUT2D eigenvalue weighted by molar-refractivity contribution is -0.159. The van der Waals surface area contributed by atoms with Gasteiger partial charge < -0.3 is 14.9 Å². The smallest absolute Gasteiger partial charge is 0.226 e. The van der Waals surface area contributed by atoms with Gasteiger partial charge in [-0.25, -0.2) is 13.1 Å². The summed E-state index contributed by atoms with van der Waals surface area (Å²) >= 11 is 0. The van der Waals surface area contributed by atoms with Crippen LogP contribution < -0.4 is 4.72 Å². The van der Waals surface area contributed by atoms with Gasteiger partial charge in [0.15, 0.2) is 0 Å². The lowest BCUT2D eigenvalue weighted by atomic mass is 9.69. The maximum atomic E-state index is 13.3. The molecule has 33 heavy (non-hydrogen) atoms. The van der Waals surface area contributed by atoms with E-state index in [9.17, 15) is 18.0 Å². The third-order valence-electron chi connectivity index (χ3n) is 8.80. The summed E-state index contributed by atoms with van der Waals surface area (Å²) in [5.41, 5.74) is 0. The summed E-state index contributed by atoms with van der Waals surface area (Å²) in [5, 5.41) is 8.61. The molecule has 3 aliphatic carbocycles. The van der Waals surface area contributed by atoms with E-state index in [2.05, 4.69) is 16.5 Å². The normalized spacial score (nSPS) is 35.6. The van der Waals surface area contributed by atoms with Crippen molar-refractivity contribution in [3.63, 3.8) is 0 Å². The van der Waals surface area contributed by atoms with Crippen LogP contribution in [-0.2, 0) is 19.6 Å². The monoisotopic (exact) mass is 483 g/mol. The molecule has 2 amide bonds. The van der Waals surface area contributed by atoms with Crippen molar-refractivity contribution in [3.8, 4) is 0 Å². The molecule has 3 saturated carbocycles. The molecule has 0 aromatic carbocycles. The first-order valence-electron chi connectivity index (χ1n) is 12.9. The largest absolute Gasteiger partial charge is 0.395 e. The lowest BCUT2D eigenvalue weighted by Crippen LogP contribution is -2.68. The molecule has 1 saturated heterocycles. The highest BCUT2D eigenvalue weighted by Crippen LogP contribution is 2.44. The molecule has 4 rings (SSSR count). The Morgan fingerprint density at radius 2 is 1.67 bits per heavy atom. The summed E-state index contributed by atoms with van der Waals surface area (Å²) in [6.45, 7) is 4.17. The van der Waals surface area contributed by atoms with E-state index in [1.165, 1.54) is 0 Å². The van der Waals surface area contributed by atoms with Crippen molar-refractivity contribution < 1.29 is 23.1 Å². The second kappa shape index (κ2) is 10.2. The molecule has 4 aliphatic rings. The maximum absolute atomic E-state index is 13.3. The average Bonchev–Trinajstić information content (AvgIpc) is 2.75. The van der Waals surface area contributed by atoms with Crippen LogP contribution in [0.2, 0.25) is 0 Å². The fraction of sp³-hybridized carbons (Fsp3) is 0.917. The lowest BCUT2D eigenvalue weighted by Gasteiger charge is -2.55. The highest BCUT2D eigenvalue weighted by molar-refractivity contribution is 7.90. The standard InChI is InChI=1S/C24H41N3O5S/c1-16-15-26(24(30)18-5-3-6-18)23-14-20(9-10-22(23)27(16)17(2)29)19-7-4-8-21(13-19)33(31,32)25-11-12-28/h16,18-23,25,28H,3-15H2,1-2H3/t16-,19?,20?,21?,22?,23?/m0/s1. The second-order valence-electron chi connectivity index (χ2n) is 10.8. The van der Waals surface area contributed by atoms with Gasteiger partial charge >= 0.3 is 0 Å². The fourth-order valence-electron chi connectivity index (χ4n) is 6.97. The number of sulfonamides is 1. The van der Waals surface area contributed by atoms with E-state index in [1.54, 1.807) is 6.92 Å². The summed E-state index contributed by atoms with van der Waals surface area (Å²) < 4.78 is 27.9. The van der Waals surface area contributed by atoms with Gasteiger partial charge in [0.1, 0.15) is 0 Å². The van der Waals surface area contributed by atoms with Gasteiger partial charge in [0.05, 0.1) is 23.9 Å². The Bertz CT molecular complexity index is 830. The Labute approximate surface area is 198 Å². The molecule has 0 spiro atoms. The Morgan fingerprint density at radius 3 is 2.30 bits per heavy atom. The van der Waals surface area contributed by atoms with Crippen LogP contribution in [0.15, 0.2) is 0 Å². The number of carbonyl (C=O) groups is 2. The first-order valence-corrected chi connectivity index (χ1v) is 14.5. The van der Waals surface area contributed by atoms with Crippen molar-refractivity contribution in [2.45, 2.75) is 101 Å². The molecule has 0 aromatic rings. The molecule has 2 N–H and O–H groups in total. The van der Waals surface area contributed by atoms with Crippen molar-refractivity contribution in [1.29, 1.82) is 0 Å². The SMILES string of the molecule is CC(=O)N1C2CCC(C3CCCC(S(=O)(=O)NCCO)C3)CC2N(C(=O)C2CCC2)C[C@@H]1C. The summed E-state index contributed by atoms with van der Waals surface area (Å²) in [7, 11) is -3.43. The van der Waals surface area contributed by atoms with Crippen molar-refractivity contribution in [2.75, 3.05) is 19.7 Å². The van der Waals surface area contributed by atoms with Gasteiger partial charge in [-0.15, -0.1) is 0 Å². The third kappa shape index (κ3) is 5.10. The number of piperazine rings is 1. The van der Waals surface area contributed by atoms with Crippen LogP contribution in [0.4, 0.5) is 0 Å². The molecule has 5 unspecified atom stereocenters. The number of hydrogen-bond acceptors (Lipinski definition) is 5. The molecule has 6 atom stereocenters. The highest BCUT2D eigenvalue weighted by Gasteiger charge is 2.49. The first-order chi connectivity index (χ1) is 15.7. The zero-order valence-electron chi connectivity index (χ0n) is 20.1. The number of aliphatic hydroxyl groups is 1. The number of aliphatic hydroxyl groups excluding tert-OH is 1. The van der Waals surface area contributed by atoms with Gasteiger partial charge in [-0.3, -0.25) is 9.59 Å². The van der Waals surface area contributed by atoms with Gasteiger partial charge in [0.25, 0.3) is 0 Å². The van der Waals surface area contributed by atoms with Crippen molar-refractivity contribution in [2.24, 2.45) is 17.8 Å². The molecule has 9 heteroatoms. The minimum absolute atomic E-state index is 0.0335. The number of nitrogens with one attached hydrogen (secondary N) is 1. The molecule has 0 aromatic heterocycles. The first kappa shape index (κ1) is 24.9. The Kier molecular flexibility index (Phi) is 7.70. The minimum Gasteiger partial charge on any atom is -0.395 e. The van der Waals surface area contributed by atoms with E-state index in [1.807, 2.05) is 4.90 Å². The van der Waals surface area contributed by atoms with Gasteiger partial charge in [0, 0.05) is 32.0 Å². The quantitative estimate of drug-likeness (QED) is 0.600. The van der Waals surface area contributed by atoms with Gasteiger partial charge in [-0.05, 0) is 63.7 Å². The zero-order valence-corrected chi connectivity index (χ0v) is 20.9. The van der Waals surface area contributed by atoms with Crippen molar-refractivity contribution in [1.82, 2.24) is 14.5 Å². The number of rotatable bonds is 6. The molecule has 8 nitrogen and oxygen atoms in total. The number of fused-ring (bicyclic) bond motifs is 1. The second-order valence-corrected chi connectivity index (χ2v) is 12.9. The highest BCUT2D eigenvalue weighted by atomic mass is 32.2. The van der Waals surface area contributed by atoms with E-state index < -0.39 is 15.3 Å². The molecular formula is C24H41N3O5S. The summed E-state index contributed by atoms with van der Waals surface area (Å²) in [6.07, 6.45) is 9.02. The Balaban J connectivity index is 1.50. The molecule has 1 heterocycles. The van der Waals surface area contributed by atoms with Crippen LogP contribution >= 0.6 is 0 Å². The van der Waals surface area contributed by atoms with Crippen molar-refractivity contribution >= 4 is 21.8 Å². The predicted molar refractivity (Wildman–Crippen MR) is 126 cm³/mol. The number of carbonyl (C=O) groups excluding carboxylic acids is 2. The van der Waals surface area contributed by atoms with Gasteiger partial charge in [0.2, 0.25) is 21.8 Å². The minimum atomic E-state index is -3.43. The van der Waals surface area contributed by atoms with Crippen LogP contribution in [0.1, 0.15) is 78.1 Å². The Morgan fingerprint density at radius 1 is 0.970 bits per heavy atom. The molecule has 188 valence electrons. The van der Waals surface area contributed by atoms with Gasteiger partial charge in [-0.1, -0.05) is 19.3 Å². The summed E-state index contributed by atoms with van der Waals surface area (Å²) in [5.74, 6) is 1.20. The molecule has 0 bridgehead atoms. The predicted octanol–water partition coefficient (Wildman–Crippen LogP) is 1.87. The third-order valence-corrected chi connectivity index (χ3v) is 10.7. The van der Waals surface area contributed by atoms with E-state index in [-0.39, 0.29) is 49.0 Å². The topological polar surface area (TPSA) is 107 Å². The molecular weight excluding hydrogens is 442 g/mol. The van der Waals surface area contributed by atoms with Crippen LogP contribution in [0.5, 0.6) is 0 Å². The molecule has 1 aliphatic heterocycles. The fourth-order valence-corrected chi connectivity index (χ4v) is 8.56. The van der Waals surface area contributed by atoms with Crippen molar-refractivity contribution in [3.05, 3.63) is 0 Å². The number of nitrogens with zero attached hydrogens (tertiary/aromatic N) is 2.